The minimum Gasteiger partial charge on any atom is -0.373 e. The van der Waals surface area contributed by atoms with E-state index in [9.17, 15) is 0 Å². The molecule has 3 N–H and O–H groups in total. The zero-order valence-corrected chi connectivity index (χ0v) is 10.7. The van der Waals surface area contributed by atoms with Crippen LogP contribution < -0.4 is 10.6 Å². The highest BCUT2D eigenvalue weighted by molar-refractivity contribution is 5.87. The van der Waals surface area contributed by atoms with Crippen molar-refractivity contribution >= 4 is 22.8 Å². The Balaban J connectivity index is 1.68. The Morgan fingerprint density at radius 1 is 1.37 bits per heavy atom. The molecule has 0 aliphatic carbocycles. The molecule has 19 heavy (non-hydrogen) atoms. The molecule has 2 bridgehead atoms. The highest BCUT2D eigenvalue weighted by Gasteiger charge is 2.41. The quantitative estimate of drug-likeness (QED) is 0.766. The van der Waals surface area contributed by atoms with Crippen molar-refractivity contribution in [2.75, 3.05) is 17.7 Å². The van der Waals surface area contributed by atoms with Gasteiger partial charge in [0.2, 0.25) is 5.95 Å². The largest absolute Gasteiger partial charge is 0.373 e. The van der Waals surface area contributed by atoms with E-state index in [0.717, 1.165) is 29.7 Å². The lowest BCUT2D eigenvalue weighted by atomic mass is 9.95. The van der Waals surface area contributed by atoms with Gasteiger partial charge < -0.3 is 15.4 Å². The van der Waals surface area contributed by atoms with Crippen LogP contribution in [0.5, 0.6) is 0 Å². The van der Waals surface area contributed by atoms with Crippen molar-refractivity contribution in [3.63, 3.8) is 0 Å². The van der Waals surface area contributed by atoms with Crippen LogP contribution in [0.3, 0.4) is 0 Å². The van der Waals surface area contributed by atoms with E-state index in [1.165, 1.54) is 6.42 Å². The molecule has 3 atom stereocenters. The minimum absolute atomic E-state index is 0.319. The molecule has 100 valence electrons. The molecular formula is C12H16N6O. The Morgan fingerprint density at radius 3 is 3.05 bits per heavy atom. The standard InChI is InChI=1S/C12H16N6O/c1-13-12-16-10(7-5-14-18-11(7)17-12)15-8-4-6-2-3-9(8)19-6/h5-6,8-9H,2-4H2,1H3,(H3,13,14,15,16,17,18). The van der Waals surface area contributed by atoms with Gasteiger partial charge in [-0.2, -0.15) is 15.1 Å². The zero-order chi connectivity index (χ0) is 12.8. The molecule has 4 rings (SSSR count). The lowest BCUT2D eigenvalue weighted by Gasteiger charge is -2.21. The summed E-state index contributed by atoms with van der Waals surface area (Å²) < 4.78 is 5.86. The van der Waals surface area contributed by atoms with Gasteiger partial charge in [-0.15, -0.1) is 0 Å². The van der Waals surface area contributed by atoms with Crippen LogP contribution in [0.15, 0.2) is 6.20 Å². The third-order valence-electron chi connectivity index (χ3n) is 3.96. The van der Waals surface area contributed by atoms with Crippen LogP contribution >= 0.6 is 0 Å². The molecule has 7 heteroatoms. The molecule has 2 aromatic heterocycles. The molecule has 4 heterocycles. The van der Waals surface area contributed by atoms with Gasteiger partial charge in [-0.25, -0.2) is 0 Å². The van der Waals surface area contributed by atoms with Gasteiger partial charge in [0.05, 0.1) is 29.8 Å². The summed E-state index contributed by atoms with van der Waals surface area (Å²) >= 11 is 0. The summed E-state index contributed by atoms with van der Waals surface area (Å²) in [5.74, 6) is 1.41. The van der Waals surface area contributed by atoms with Crippen molar-refractivity contribution in [1.29, 1.82) is 0 Å². The molecule has 0 spiro atoms. The van der Waals surface area contributed by atoms with Crippen molar-refractivity contribution < 1.29 is 4.74 Å². The Labute approximate surface area is 110 Å². The van der Waals surface area contributed by atoms with E-state index in [1.807, 2.05) is 7.05 Å². The molecule has 2 aliphatic rings. The average Bonchev–Trinajstić information content (AvgIpc) is 3.13. The molecule has 0 amide bonds. The van der Waals surface area contributed by atoms with Gasteiger partial charge in [0.15, 0.2) is 5.65 Å². The summed E-state index contributed by atoms with van der Waals surface area (Å²) in [5, 5.41) is 14.3. The monoisotopic (exact) mass is 260 g/mol. The van der Waals surface area contributed by atoms with E-state index in [2.05, 4.69) is 30.8 Å². The van der Waals surface area contributed by atoms with E-state index in [0.29, 0.717) is 24.2 Å². The second kappa shape index (κ2) is 4.06. The van der Waals surface area contributed by atoms with Gasteiger partial charge in [0, 0.05) is 7.05 Å². The third kappa shape index (κ3) is 1.73. The molecule has 2 aliphatic heterocycles. The van der Waals surface area contributed by atoms with Crippen LogP contribution in [0.2, 0.25) is 0 Å². The molecular weight excluding hydrogens is 244 g/mol. The molecule has 7 nitrogen and oxygen atoms in total. The summed E-state index contributed by atoms with van der Waals surface area (Å²) in [7, 11) is 1.81. The van der Waals surface area contributed by atoms with Crippen LogP contribution in [0.4, 0.5) is 11.8 Å². The van der Waals surface area contributed by atoms with Crippen molar-refractivity contribution in [3.05, 3.63) is 6.20 Å². The van der Waals surface area contributed by atoms with E-state index in [-0.39, 0.29) is 0 Å². The summed E-state index contributed by atoms with van der Waals surface area (Å²) in [4.78, 5) is 8.82. The molecule has 2 aromatic rings. The number of nitrogens with one attached hydrogen (secondary N) is 3. The first-order valence-corrected chi connectivity index (χ1v) is 6.64. The summed E-state index contributed by atoms with van der Waals surface area (Å²) in [6.07, 6.45) is 5.89. The molecule has 3 unspecified atom stereocenters. The van der Waals surface area contributed by atoms with E-state index >= 15 is 0 Å². The second-order valence-corrected chi connectivity index (χ2v) is 5.14. The maximum absolute atomic E-state index is 5.86. The van der Waals surface area contributed by atoms with Gasteiger partial charge in [0.1, 0.15) is 5.82 Å². The molecule has 2 saturated heterocycles. The first-order chi connectivity index (χ1) is 9.33. The fourth-order valence-electron chi connectivity index (χ4n) is 3.02. The van der Waals surface area contributed by atoms with E-state index in [1.54, 1.807) is 6.20 Å². The number of hydrogen-bond donors (Lipinski definition) is 3. The Hall–Kier alpha value is -1.89. The number of ether oxygens (including phenoxy) is 1. The third-order valence-corrected chi connectivity index (χ3v) is 3.96. The first kappa shape index (κ1) is 11.0. The van der Waals surface area contributed by atoms with Gasteiger partial charge in [-0.1, -0.05) is 0 Å². The number of rotatable bonds is 3. The van der Waals surface area contributed by atoms with Crippen LogP contribution in [0.1, 0.15) is 19.3 Å². The SMILES string of the molecule is CNc1nc(NC2CC3CCC2O3)c2cn[nH]c2n1. The lowest BCUT2D eigenvalue weighted by Crippen LogP contribution is -2.31. The van der Waals surface area contributed by atoms with Crippen molar-refractivity contribution in [1.82, 2.24) is 20.2 Å². The lowest BCUT2D eigenvalue weighted by molar-refractivity contribution is 0.102. The van der Waals surface area contributed by atoms with Gasteiger partial charge in [0.25, 0.3) is 0 Å². The Morgan fingerprint density at radius 2 is 2.32 bits per heavy atom. The average molecular weight is 260 g/mol. The topological polar surface area (TPSA) is 87.8 Å². The fraction of sp³-hybridized carbons (Fsp3) is 0.583. The summed E-state index contributed by atoms with van der Waals surface area (Å²) in [5.41, 5.74) is 0.742. The second-order valence-electron chi connectivity index (χ2n) is 5.14. The number of aromatic amines is 1. The number of nitrogens with zero attached hydrogens (tertiary/aromatic N) is 3. The maximum atomic E-state index is 5.86. The van der Waals surface area contributed by atoms with Crippen LogP contribution in [0, 0.1) is 0 Å². The number of H-pyrrole nitrogens is 1. The smallest absolute Gasteiger partial charge is 0.226 e. The zero-order valence-electron chi connectivity index (χ0n) is 10.7. The predicted molar refractivity (Wildman–Crippen MR) is 71.2 cm³/mol. The van der Waals surface area contributed by atoms with Gasteiger partial charge in [-0.3, -0.25) is 5.10 Å². The highest BCUT2D eigenvalue weighted by Crippen LogP contribution is 2.36. The normalized spacial score (nSPS) is 29.0. The van der Waals surface area contributed by atoms with Gasteiger partial charge in [-0.05, 0) is 19.3 Å². The summed E-state index contributed by atoms with van der Waals surface area (Å²) in [6.45, 7) is 0. The molecule has 0 saturated carbocycles. The highest BCUT2D eigenvalue weighted by atomic mass is 16.5. The van der Waals surface area contributed by atoms with Crippen molar-refractivity contribution in [3.8, 4) is 0 Å². The van der Waals surface area contributed by atoms with Gasteiger partial charge >= 0.3 is 0 Å². The number of fused-ring (bicyclic) bond motifs is 3. The molecule has 0 aromatic carbocycles. The van der Waals surface area contributed by atoms with Crippen LogP contribution in [-0.4, -0.2) is 45.5 Å². The molecule has 2 fully saturated rings. The fourth-order valence-corrected chi connectivity index (χ4v) is 3.02. The first-order valence-electron chi connectivity index (χ1n) is 6.64. The summed E-state index contributed by atoms with van der Waals surface area (Å²) in [6, 6.07) is 0.344. The number of hydrogen-bond acceptors (Lipinski definition) is 6. The van der Waals surface area contributed by atoms with Crippen molar-refractivity contribution in [2.45, 2.75) is 37.5 Å². The van der Waals surface area contributed by atoms with Crippen LogP contribution in [0.25, 0.3) is 11.0 Å². The molecule has 0 radical (unpaired) electrons. The number of anilines is 2. The minimum atomic E-state index is 0.319. The Kier molecular flexibility index (Phi) is 2.34. The van der Waals surface area contributed by atoms with E-state index in [4.69, 9.17) is 4.74 Å². The number of aromatic nitrogens is 4. The Bertz CT molecular complexity index is 611. The van der Waals surface area contributed by atoms with E-state index < -0.39 is 0 Å². The maximum Gasteiger partial charge on any atom is 0.226 e. The van der Waals surface area contributed by atoms with Crippen LogP contribution in [-0.2, 0) is 4.74 Å². The predicted octanol–water partition coefficient (Wildman–Crippen LogP) is 1.13. The van der Waals surface area contributed by atoms with Crippen molar-refractivity contribution in [2.24, 2.45) is 0 Å².